The summed E-state index contributed by atoms with van der Waals surface area (Å²) in [5, 5.41) is 11.6. The van der Waals surface area contributed by atoms with Crippen LogP contribution in [-0.2, 0) is 19.1 Å². The zero-order valence-corrected chi connectivity index (χ0v) is 36.9. The number of fused-ring (bicyclic) bond motifs is 10. The van der Waals surface area contributed by atoms with Gasteiger partial charge in [0.15, 0.2) is 6.67 Å². The number of amides is 2. The molecule has 0 radical (unpaired) electrons. The number of carbonyl (C=O) groups is 3. The summed E-state index contributed by atoms with van der Waals surface area (Å²) >= 11 is 0. The van der Waals surface area contributed by atoms with E-state index in [1.165, 1.54) is 11.1 Å². The van der Waals surface area contributed by atoms with Crippen molar-refractivity contribution in [3.05, 3.63) is 59.2 Å². The Hall–Kier alpha value is -3.72. The minimum atomic E-state index is -0.483. The van der Waals surface area contributed by atoms with Crippen molar-refractivity contribution in [2.75, 3.05) is 37.7 Å². The lowest BCUT2D eigenvalue weighted by Crippen LogP contribution is -2.65. The number of quaternary nitrogens is 1. The summed E-state index contributed by atoms with van der Waals surface area (Å²) in [5.41, 5.74) is 5.04. The number of rotatable bonds is 9. The van der Waals surface area contributed by atoms with Crippen LogP contribution in [0.1, 0.15) is 126 Å². The van der Waals surface area contributed by atoms with Gasteiger partial charge < -0.3 is 15.4 Å². The first kappa shape index (κ1) is 41.0. The molecule has 2 heterocycles. The number of benzene rings is 1. The molecule has 0 bridgehead atoms. The summed E-state index contributed by atoms with van der Waals surface area (Å²) in [7, 11) is 0. The van der Waals surface area contributed by atoms with Crippen LogP contribution in [0.4, 0.5) is 5.69 Å². The smallest absolute Gasteiger partial charge is 0.302 e. The second kappa shape index (κ2) is 14.2. The van der Waals surface area contributed by atoms with Gasteiger partial charge in [0.2, 0.25) is 11.7 Å². The number of para-hydroxylation sites is 1. The monoisotopic (exact) mass is 793 g/mol. The van der Waals surface area contributed by atoms with Crippen LogP contribution in [0.15, 0.2) is 58.7 Å². The third kappa shape index (κ3) is 5.85. The lowest BCUT2D eigenvalue weighted by molar-refractivity contribution is -0.925. The van der Waals surface area contributed by atoms with Gasteiger partial charge in [-0.1, -0.05) is 81.7 Å². The molecule has 7 aliphatic rings. The molecule has 2 aliphatic heterocycles. The van der Waals surface area contributed by atoms with Crippen molar-refractivity contribution in [3.63, 3.8) is 0 Å². The Kier molecular flexibility index (Phi) is 10.0. The van der Waals surface area contributed by atoms with Gasteiger partial charge in [-0.2, -0.15) is 4.59 Å². The Balaban J connectivity index is 1.00. The van der Waals surface area contributed by atoms with E-state index >= 15 is 0 Å². The van der Waals surface area contributed by atoms with Gasteiger partial charge in [0, 0.05) is 31.3 Å². The van der Waals surface area contributed by atoms with Crippen LogP contribution < -0.4 is 15.5 Å². The summed E-state index contributed by atoms with van der Waals surface area (Å²) in [5.74, 6) is 1.94. The van der Waals surface area contributed by atoms with Crippen molar-refractivity contribution >= 4 is 35.4 Å². The molecule has 58 heavy (non-hydrogen) atoms. The average Bonchev–Trinajstić information content (AvgIpc) is 3.79. The fraction of sp³-hybridized carbons (Fsp3) is 0.673. The van der Waals surface area contributed by atoms with Gasteiger partial charge in [0.05, 0.1) is 16.7 Å². The van der Waals surface area contributed by atoms with Crippen LogP contribution in [0, 0.1) is 50.7 Å². The number of ether oxygens (including phenoxy) is 1. The lowest BCUT2D eigenvalue weighted by Gasteiger charge is -2.70. The van der Waals surface area contributed by atoms with Crippen LogP contribution in [0.3, 0.4) is 0 Å². The largest absolute Gasteiger partial charge is 0.462 e. The molecule has 4 saturated carbocycles. The number of nitrogens with zero attached hydrogens (tertiary/aromatic N) is 3. The first-order chi connectivity index (χ1) is 27.4. The maximum absolute atomic E-state index is 14.7. The Bertz CT molecular complexity index is 1990. The van der Waals surface area contributed by atoms with E-state index in [9.17, 15) is 14.4 Å². The lowest BCUT2D eigenvalue weighted by atomic mass is 9.34. The highest BCUT2D eigenvalue weighted by molar-refractivity contribution is 6.31. The molecule has 0 saturated heterocycles. The van der Waals surface area contributed by atoms with Gasteiger partial charge in [-0.3, -0.25) is 19.3 Å². The van der Waals surface area contributed by atoms with E-state index < -0.39 is 5.41 Å². The molecule has 9 nitrogen and oxygen atoms in total. The van der Waals surface area contributed by atoms with Crippen LogP contribution in [-0.4, -0.2) is 67.2 Å². The second-order valence-corrected chi connectivity index (χ2v) is 20.7. The molecular formula is C49H70N5O4+. The SMILES string of the molecule is C=C(C)[C@@H]1CC[C@]2(C(=O)NCCNC(=O)C3=Cc4ccccc4N4C[N+](CC)(CC)N=C34)CC[C@]3(C)C(=CC[C@@H]4[C@@]5(C)CC[C@H](OC(C)=O)C(C)(C)[C@@H]5CC[C@]43C)[C@H]12. The van der Waals surface area contributed by atoms with E-state index in [-0.39, 0.29) is 57.4 Å². The molecule has 1 aromatic rings. The number of hydrogen-bond donors (Lipinski definition) is 2. The van der Waals surface area contributed by atoms with Crippen molar-refractivity contribution < 1.29 is 23.7 Å². The zero-order chi connectivity index (χ0) is 41.6. The van der Waals surface area contributed by atoms with Gasteiger partial charge in [-0.15, -0.1) is 0 Å². The number of nitrogens with one attached hydrogen (secondary N) is 2. The maximum atomic E-state index is 14.7. The van der Waals surface area contributed by atoms with Gasteiger partial charge in [-0.25, -0.2) is 0 Å². The Labute approximate surface area is 347 Å². The van der Waals surface area contributed by atoms with E-state index in [1.54, 1.807) is 6.92 Å². The van der Waals surface area contributed by atoms with Gasteiger partial charge in [-0.05, 0) is 130 Å². The molecule has 8 rings (SSSR count). The number of amidine groups is 1. The molecule has 5 aliphatic carbocycles. The van der Waals surface area contributed by atoms with E-state index in [4.69, 9.17) is 9.84 Å². The van der Waals surface area contributed by atoms with Gasteiger partial charge in [0.25, 0.3) is 5.91 Å². The zero-order valence-electron chi connectivity index (χ0n) is 36.9. The normalized spacial score (nSPS) is 37.6. The highest BCUT2D eigenvalue weighted by Gasteiger charge is 2.70. The van der Waals surface area contributed by atoms with Crippen molar-refractivity contribution in [2.24, 2.45) is 55.8 Å². The summed E-state index contributed by atoms with van der Waals surface area (Å²) in [6.07, 6.45) is 13.6. The molecular weight excluding hydrogens is 723 g/mol. The predicted molar refractivity (Wildman–Crippen MR) is 231 cm³/mol. The van der Waals surface area contributed by atoms with E-state index in [0.717, 1.165) is 88.0 Å². The Morgan fingerprint density at radius 3 is 2.34 bits per heavy atom. The van der Waals surface area contributed by atoms with Crippen LogP contribution >= 0.6 is 0 Å². The highest BCUT2D eigenvalue weighted by Crippen LogP contribution is 2.76. The topological polar surface area (TPSA) is 100 Å². The minimum absolute atomic E-state index is 0.0176. The number of esters is 1. The van der Waals surface area contributed by atoms with E-state index in [2.05, 4.69) is 95.7 Å². The van der Waals surface area contributed by atoms with E-state index in [1.807, 2.05) is 18.2 Å². The third-order valence-corrected chi connectivity index (χ3v) is 18.0. The summed E-state index contributed by atoms with van der Waals surface area (Å²) in [6, 6.07) is 8.21. The summed E-state index contributed by atoms with van der Waals surface area (Å²) in [4.78, 5) is 43.0. The van der Waals surface area contributed by atoms with Crippen molar-refractivity contribution in [3.8, 4) is 0 Å². The second-order valence-electron chi connectivity index (χ2n) is 20.7. The van der Waals surface area contributed by atoms with Crippen LogP contribution in [0.2, 0.25) is 0 Å². The maximum Gasteiger partial charge on any atom is 0.302 e. The molecule has 9 atom stereocenters. The molecule has 2 amide bonds. The standard InChI is InChI=1S/C49H69N5O4/c1-11-54(12-2)30-53-37-16-14-13-15-33(37)29-35(42(53)52-54)43(56)50-27-28-51-44(57)49-24-19-34(31(3)4)41(49)36-17-18-39-46(8)22-21-40(58-32(5)55)45(6,7)38(46)20-23-48(39,10)47(36,9)25-26-49/h13-17,29,34,38-41H,3,11-12,18-28,30H2,1-2,4-10H3,(H-,50,51,56,57)/p+1/t34-,38-,39+,40-,41-,46-,47+,48+,49-/m0/s1. The Morgan fingerprint density at radius 1 is 0.914 bits per heavy atom. The molecule has 9 heteroatoms. The van der Waals surface area contributed by atoms with Crippen molar-refractivity contribution in [1.82, 2.24) is 10.6 Å². The first-order valence-electron chi connectivity index (χ1n) is 22.6. The number of allylic oxidation sites excluding steroid dienone is 3. The highest BCUT2D eigenvalue weighted by atomic mass is 16.5. The molecule has 0 unspecified atom stereocenters. The fourth-order valence-corrected chi connectivity index (χ4v) is 14.6. The van der Waals surface area contributed by atoms with Crippen molar-refractivity contribution in [1.29, 1.82) is 0 Å². The number of anilines is 1. The first-order valence-corrected chi connectivity index (χ1v) is 22.6. The molecule has 4 fully saturated rings. The number of carbonyl (C=O) groups excluding carboxylic acids is 3. The fourth-order valence-electron chi connectivity index (χ4n) is 14.6. The Morgan fingerprint density at radius 2 is 1.64 bits per heavy atom. The third-order valence-electron chi connectivity index (χ3n) is 18.0. The molecule has 0 spiro atoms. The summed E-state index contributed by atoms with van der Waals surface area (Å²) in [6.45, 7) is 28.1. The van der Waals surface area contributed by atoms with E-state index in [0.29, 0.717) is 41.8 Å². The van der Waals surface area contributed by atoms with Crippen LogP contribution in [0.5, 0.6) is 0 Å². The van der Waals surface area contributed by atoms with Gasteiger partial charge in [0.1, 0.15) is 19.2 Å². The van der Waals surface area contributed by atoms with Gasteiger partial charge >= 0.3 is 5.97 Å². The summed E-state index contributed by atoms with van der Waals surface area (Å²) < 4.78 is 6.53. The molecule has 314 valence electrons. The minimum Gasteiger partial charge on any atom is -0.462 e. The van der Waals surface area contributed by atoms with Crippen molar-refractivity contribution in [2.45, 2.75) is 126 Å². The predicted octanol–water partition coefficient (Wildman–Crippen LogP) is 8.77. The number of hydrogen-bond acceptors (Lipinski definition) is 6. The quantitative estimate of drug-likeness (QED) is 0.113. The molecule has 2 N–H and O–H groups in total. The molecule has 1 aromatic carbocycles. The molecule has 0 aromatic heterocycles. The van der Waals surface area contributed by atoms with Crippen LogP contribution in [0.25, 0.3) is 6.08 Å². The average molecular weight is 793 g/mol.